The number of hydrogen-bond donors (Lipinski definition) is 1. The van der Waals surface area contributed by atoms with Crippen LogP contribution >= 0.6 is 0 Å². The second-order valence-electron chi connectivity index (χ2n) is 2.03. The summed E-state index contributed by atoms with van der Waals surface area (Å²) >= 11 is 0. The Morgan fingerprint density at radius 3 is 2.67 bits per heavy atom. The topological polar surface area (TPSA) is 43.8 Å². The van der Waals surface area contributed by atoms with Crippen LogP contribution in [0.5, 0.6) is 0 Å². The lowest BCUT2D eigenvalue weighted by atomic mass is 10.3. The Bertz CT molecular complexity index is 650. The number of anilines is 1. The van der Waals surface area contributed by atoms with Crippen molar-refractivity contribution >= 4 is 5.69 Å². The van der Waals surface area contributed by atoms with Crippen LogP contribution in [-0.4, -0.2) is 9.55 Å². The summed E-state index contributed by atoms with van der Waals surface area (Å²) in [6, 6.07) is -1.85. The average Bonchev–Trinajstić information content (AvgIpc) is 2.61. The fraction of sp³-hybridized carbons (Fsp3) is 0. The molecule has 0 radical (unpaired) electrons. The minimum atomic E-state index is -0.499. The summed E-state index contributed by atoms with van der Waals surface area (Å²) in [5.41, 5.74) is 4.84. The standard InChI is InChI=1S/C9H9N3/c10-8-1-3-9(4-2-8)12-6-5-11-7-12/h1-7H,10H2/i1D,2D,3D,4D,5D,6D,7D. The van der Waals surface area contributed by atoms with Crippen molar-refractivity contribution in [3.05, 3.63) is 42.8 Å². The van der Waals surface area contributed by atoms with Crippen molar-refractivity contribution in [3.8, 4) is 5.69 Å². The number of rotatable bonds is 1. The van der Waals surface area contributed by atoms with Gasteiger partial charge in [0.25, 0.3) is 0 Å². The molecule has 3 nitrogen and oxygen atoms in total. The number of benzene rings is 1. The largest absolute Gasteiger partial charge is 0.399 e. The van der Waals surface area contributed by atoms with Gasteiger partial charge >= 0.3 is 0 Å². The first-order chi connectivity index (χ1) is 8.77. The molecule has 2 rings (SSSR count). The zero-order valence-electron chi connectivity index (χ0n) is 13.0. The summed E-state index contributed by atoms with van der Waals surface area (Å²) in [6.45, 7) is 0. The van der Waals surface area contributed by atoms with Gasteiger partial charge in [0, 0.05) is 23.7 Å². The molecule has 0 aliphatic heterocycles. The van der Waals surface area contributed by atoms with Crippen molar-refractivity contribution in [2.45, 2.75) is 0 Å². The molecule has 0 bridgehead atoms. The smallest absolute Gasteiger partial charge is 0.105 e. The normalized spacial score (nSPS) is 18.2. The molecule has 3 heteroatoms. The molecule has 2 N–H and O–H groups in total. The maximum atomic E-state index is 7.77. The molecule has 0 aliphatic carbocycles. The third kappa shape index (κ3) is 1.16. The summed E-state index contributed by atoms with van der Waals surface area (Å²) in [5, 5.41) is 0. The molecule has 12 heavy (non-hydrogen) atoms. The van der Waals surface area contributed by atoms with E-state index in [9.17, 15) is 0 Å². The number of aromatic nitrogens is 2. The van der Waals surface area contributed by atoms with Crippen molar-refractivity contribution in [2.75, 3.05) is 5.73 Å². The molecule has 0 saturated carbocycles. The Morgan fingerprint density at radius 1 is 1.33 bits per heavy atom. The molecule has 0 unspecified atom stereocenters. The van der Waals surface area contributed by atoms with Gasteiger partial charge in [0.2, 0.25) is 0 Å². The molecule has 1 aromatic heterocycles. The molecule has 0 saturated heterocycles. The number of hydrogen-bond acceptors (Lipinski definition) is 2. The Labute approximate surface area is 80.3 Å². The van der Waals surface area contributed by atoms with Crippen LogP contribution in [0.15, 0.2) is 42.8 Å². The van der Waals surface area contributed by atoms with Gasteiger partial charge in [-0.15, -0.1) is 0 Å². The zero-order valence-corrected chi connectivity index (χ0v) is 5.97. The monoisotopic (exact) mass is 166 g/mol. The highest BCUT2D eigenvalue weighted by Gasteiger charge is 1.92. The first kappa shape index (κ1) is 2.62. The summed E-state index contributed by atoms with van der Waals surface area (Å²) in [4.78, 5) is 3.44. The lowest BCUT2D eigenvalue weighted by molar-refractivity contribution is 1.06. The van der Waals surface area contributed by atoms with Crippen LogP contribution in [0.3, 0.4) is 0 Å². The quantitative estimate of drug-likeness (QED) is 0.652. The first-order valence-corrected chi connectivity index (χ1v) is 3.16. The third-order valence-electron chi connectivity index (χ3n) is 1.22. The SMILES string of the molecule is [2H]c1nc([2H])n(-c2c([2H])c([2H])c(N)c([2H])c2[2H])c1[2H]. The van der Waals surface area contributed by atoms with E-state index in [2.05, 4.69) is 4.98 Å². The predicted molar refractivity (Wildman–Crippen MR) is 48.0 cm³/mol. The van der Waals surface area contributed by atoms with Gasteiger partial charge in [0.05, 0.1) is 14.5 Å². The van der Waals surface area contributed by atoms with Crippen LogP contribution in [0.1, 0.15) is 9.60 Å². The summed E-state index contributed by atoms with van der Waals surface area (Å²) in [7, 11) is 0. The van der Waals surface area contributed by atoms with E-state index in [-0.39, 0.29) is 11.4 Å². The maximum absolute atomic E-state index is 7.77. The fourth-order valence-electron chi connectivity index (χ4n) is 0.708. The minimum Gasteiger partial charge on any atom is -0.399 e. The predicted octanol–water partition coefficient (Wildman–Crippen LogP) is 1.45. The van der Waals surface area contributed by atoms with E-state index < -0.39 is 42.8 Å². The van der Waals surface area contributed by atoms with E-state index in [1.807, 2.05) is 0 Å². The minimum absolute atomic E-state index is 0.301. The maximum Gasteiger partial charge on any atom is 0.105 e. The number of imidazole rings is 1. The number of nitrogen functional groups attached to an aromatic ring is 1. The molecule has 0 spiro atoms. The lowest BCUT2D eigenvalue weighted by Crippen LogP contribution is -1.90. The third-order valence-corrected chi connectivity index (χ3v) is 1.22. The van der Waals surface area contributed by atoms with Gasteiger partial charge in [0.15, 0.2) is 0 Å². The van der Waals surface area contributed by atoms with Gasteiger partial charge in [-0.05, 0) is 24.2 Å². The molecule has 0 atom stereocenters. The fourth-order valence-corrected chi connectivity index (χ4v) is 0.708. The van der Waals surface area contributed by atoms with Gasteiger partial charge in [-0.25, -0.2) is 4.98 Å². The Hall–Kier alpha value is -1.77. The van der Waals surface area contributed by atoms with E-state index in [1.54, 1.807) is 0 Å². The van der Waals surface area contributed by atoms with Crippen molar-refractivity contribution in [3.63, 3.8) is 0 Å². The van der Waals surface area contributed by atoms with Gasteiger partial charge in [-0.2, -0.15) is 0 Å². The van der Waals surface area contributed by atoms with E-state index in [0.717, 1.165) is 4.57 Å². The Balaban J connectivity index is 2.91. The van der Waals surface area contributed by atoms with Gasteiger partial charge in [-0.1, -0.05) is 0 Å². The van der Waals surface area contributed by atoms with Gasteiger partial charge in [0.1, 0.15) is 1.37 Å². The Kier molecular flexibility index (Phi) is 0.589. The van der Waals surface area contributed by atoms with E-state index in [4.69, 9.17) is 15.3 Å². The van der Waals surface area contributed by atoms with Crippen LogP contribution in [0.2, 0.25) is 0 Å². The molecular weight excluding hydrogens is 150 g/mol. The molecule has 60 valence electrons. The van der Waals surface area contributed by atoms with E-state index in [0.29, 0.717) is 0 Å². The van der Waals surface area contributed by atoms with Crippen LogP contribution in [0.25, 0.3) is 5.69 Å². The average molecular weight is 166 g/mol. The highest BCUT2D eigenvalue weighted by atomic mass is 15.0. The van der Waals surface area contributed by atoms with Crippen LogP contribution in [-0.2, 0) is 0 Å². The van der Waals surface area contributed by atoms with E-state index in [1.165, 1.54) is 0 Å². The van der Waals surface area contributed by atoms with Crippen LogP contribution < -0.4 is 5.73 Å². The zero-order chi connectivity index (χ0) is 14.5. The second kappa shape index (κ2) is 2.70. The first-order valence-electron chi connectivity index (χ1n) is 6.66. The summed E-state index contributed by atoms with van der Waals surface area (Å²) < 4.78 is 54.0. The number of nitrogens with zero attached hydrogens (tertiary/aromatic N) is 2. The molecule has 0 fully saturated rings. The number of nitrogens with two attached hydrogens (primary N) is 1. The highest BCUT2D eigenvalue weighted by Crippen LogP contribution is 2.09. The second-order valence-corrected chi connectivity index (χ2v) is 2.03. The van der Waals surface area contributed by atoms with Gasteiger partial charge in [-0.3, -0.25) is 0 Å². The summed E-state index contributed by atoms with van der Waals surface area (Å²) in [6.07, 6.45) is -1.45. The molecule has 2 aromatic rings. The van der Waals surface area contributed by atoms with Crippen molar-refractivity contribution in [1.82, 2.24) is 9.55 Å². The molecule has 0 amide bonds. The molecule has 1 aromatic carbocycles. The van der Waals surface area contributed by atoms with Crippen molar-refractivity contribution in [2.24, 2.45) is 0 Å². The Morgan fingerprint density at radius 2 is 2.08 bits per heavy atom. The van der Waals surface area contributed by atoms with Crippen LogP contribution in [0.4, 0.5) is 5.69 Å². The van der Waals surface area contributed by atoms with Crippen molar-refractivity contribution in [1.29, 1.82) is 0 Å². The lowest BCUT2D eigenvalue weighted by Gasteiger charge is -2.00. The van der Waals surface area contributed by atoms with Crippen LogP contribution in [0, 0.1) is 0 Å². The molecular formula is C9H9N3. The van der Waals surface area contributed by atoms with Crippen molar-refractivity contribution < 1.29 is 9.60 Å². The van der Waals surface area contributed by atoms with E-state index >= 15 is 0 Å². The van der Waals surface area contributed by atoms with Gasteiger partial charge < -0.3 is 10.3 Å². The molecule has 1 heterocycles. The molecule has 0 aliphatic rings. The summed E-state index contributed by atoms with van der Waals surface area (Å²) in [5.74, 6) is 0. The highest BCUT2D eigenvalue weighted by molar-refractivity contribution is 5.44.